The summed E-state index contributed by atoms with van der Waals surface area (Å²) < 4.78 is 5.64. The molecule has 0 radical (unpaired) electrons. The van der Waals surface area contributed by atoms with Gasteiger partial charge in [-0.15, -0.1) is 10.2 Å². The zero-order valence-electron chi connectivity index (χ0n) is 12.6. The second kappa shape index (κ2) is 6.76. The normalized spacial score (nSPS) is 12.4. The van der Waals surface area contributed by atoms with Crippen LogP contribution in [0.4, 0.5) is 0 Å². The zero-order valence-corrected chi connectivity index (χ0v) is 13.4. The highest BCUT2D eigenvalue weighted by molar-refractivity contribution is 8.00. The predicted molar refractivity (Wildman–Crippen MR) is 83.1 cm³/mol. The number of aromatic nitrogens is 2. The molecule has 2 aromatic rings. The highest BCUT2D eigenvalue weighted by Crippen LogP contribution is 2.27. The van der Waals surface area contributed by atoms with Crippen LogP contribution in [0.25, 0.3) is 11.5 Å². The molecule has 0 unspecified atom stereocenters. The molecule has 21 heavy (non-hydrogen) atoms. The van der Waals surface area contributed by atoms with E-state index in [1.54, 1.807) is 0 Å². The number of rotatable bonds is 5. The topological polar surface area (TPSA) is 68.0 Å². The zero-order chi connectivity index (χ0) is 15.4. The molecule has 0 aliphatic heterocycles. The number of amides is 1. The summed E-state index contributed by atoms with van der Waals surface area (Å²) in [6.45, 7) is 7.67. The summed E-state index contributed by atoms with van der Waals surface area (Å²) in [6.07, 6.45) is 0. The molecule has 1 atom stereocenters. The number of aryl methyl sites for hydroxylation is 1. The third kappa shape index (κ3) is 4.07. The van der Waals surface area contributed by atoms with Gasteiger partial charge in [0.1, 0.15) is 0 Å². The lowest BCUT2D eigenvalue weighted by atomic mass is 10.1. The van der Waals surface area contributed by atoms with Gasteiger partial charge in [-0.2, -0.15) is 0 Å². The maximum Gasteiger partial charge on any atom is 0.277 e. The van der Waals surface area contributed by atoms with Crippen molar-refractivity contribution in [1.29, 1.82) is 0 Å². The Balaban J connectivity index is 2.07. The van der Waals surface area contributed by atoms with Crippen molar-refractivity contribution in [3.63, 3.8) is 0 Å². The highest BCUT2D eigenvalue weighted by atomic mass is 32.2. The molecule has 6 heteroatoms. The van der Waals surface area contributed by atoms with Crippen molar-refractivity contribution in [1.82, 2.24) is 15.5 Å². The number of carbonyl (C=O) groups excluding carboxylic acids is 1. The summed E-state index contributed by atoms with van der Waals surface area (Å²) in [7, 11) is 0. The summed E-state index contributed by atoms with van der Waals surface area (Å²) in [5.74, 6) is 0.442. The minimum absolute atomic E-state index is 0.0364. The summed E-state index contributed by atoms with van der Waals surface area (Å²) in [5, 5.41) is 11.0. The lowest BCUT2D eigenvalue weighted by Crippen LogP contribution is -2.35. The van der Waals surface area contributed by atoms with Gasteiger partial charge in [0.2, 0.25) is 11.8 Å². The number of nitrogens with one attached hydrogen (secondary N) is 1. The van der Waals surface area contributed by atoms with Gasteiger partial charge < -0.3 is 9.73 Å². The molecule has 0 saturated heterocycles. The average molecular weight is 305 g/mol. The van der Waals surface area contributed by atoms with Gasteiger partial charge in [-0.05, 0) is 39.3 Å². The first-order chi connectivity index (χ1) is 9.97. The molecular weight excluding hydrogens is 286 g/mol. The van der Waals surface area contributed by atoms with E-state index in [0.717, 1.165) is 11.1 Å². The Morgan fingerprint density at radius 1 is 1.24 bits per heavy atom. The monoisotopic (exact) mass is 305 g/mol. The predicted octanol–water partition coefficient (Wildman–Crippen LogP) is 3.05. The van der Waals surface area contributed by atoms with E-state index in [9.17, 15) is 4.79 Å². The van der Waals surface area contributed by atoms with Gasteiger partial charge in [0.05, 0.1) is 5.25 Å². The Labute approximate surface area is 128 Å². The third-order valence-corrected chi connectivity index (χ3v) is 3.79. The van der Waals surface area contributed by atoms with Gasteiger partial charge in [-0.25, -0.2) is 0 Å². The van der Waals surface area contributed by atoms with E-state index < -0.39 is 0 Å². The van der Waals surface area contributed by atoms with E-state index in [1.165, 1.54) is 11.8 Å². The summed E-state index contributed by atoms with van der Waals surface area (Å²) in [4.78, 5) is 11.9. The van der Waals surface area contributed by atoms with E-state index in [0.29, 0.717) is 11.1 Å². The van der Waals surface area contributed by atoms with Crippen LogP contribution in [0.1, 0.15) is 26.3 Å². The highest BCUT2D eigenvalue weighted by Gasteiger charge is 2.19. The van der Waals surface area contributed by atoms with Gasteiger partial charge in [0.25, 0.3) is 5.22 Å². The number of benzene rings is 1. The van der Waals surface area contributed by atoms with Crippen LogP contribution in [0.5, 0.6) is 0 Å². The van der Waals surface area contributed by atoms with Crippen molar-refractivity contribution in [2.75, 3.05) is 0 Å². The van der Waals surface area contributed by atoms with Crippen LogP contribution < -0.4 is 5.32 Å². The van der Waals surface area contributed by atoms with Crippen LogP contribution in [0, 0.1) is 6.92 Å². The molecule has 0 bridgehead atoms. The van der Waals surface area contributed by atoms with Crippen LogP contribution in [0.3, 0.4) is 0 Å². The lowest BCUT2D eigenvalue weighted by Gasteiger charge is -2.12. The fourth-order valence-corrected chi connectivity index (χ4v) is 2.48. The van der Waals surface area contributed by atoms with Gasteiger partial charge in [-0.3, -0.25) is 4.79 Å². The van der Waals surface area contributed by atoms with Crippen LogP contribution in [0.15, 0.2) is 33.9 Å². The quantitative estimate of drug-likeness (QED) is 0.860. The average Bonchev–Trinajstić information content (AvgIpc) is 2.86. The van der Waals surface area contributed by atoms with Gasteiger partial charge >= 0.3 is 0 Å². The molecule has 0 spiro atoms. The smallest absolute Gasteiger partial charge is 0.277 e. The van der Waals surface area contributed by atoms with Crippen LogP contribution in [-0.4, -0.2) is 27.4 Å². The molecule has 112 valence electrons. The lowest BCUT2D eigenvalue weighted by molar-refractivity contribution is -0.120. The maximum absolute atomic E-state index is 11.9. The molecule has 1 amide bonds. The Morgan fingerprint density at radius 2 is 1.95 bits per heavy atom. The Morgan fingerprint density at radius 3 is 2.62 bits per heavy atom. The molecule has 2 rings (SSSR count). The number of thioether (sulfide) groups is 1. The van der Waals surface area contributed by atoms with E-state index in [2.05, 4.69) is 15.5 Å². The Bertz CT molecular complexity index is 625. The van der Waals surface area contributed by atoms with Gasteiger partial charge in [0.15, 0.2) is 0 Å². The first-order valence-electron chi connectivity index (χ1n) is 6.84. The van der Waals surface area contributed by atoms with Crippen LogP contribution in [0.2, 0.25) is 0 Å². The summed E-state index contributed by atoms with van der Waals surface area (Å²) in [6, 6.07) is 7.93. The molecule has 0 fully saturated rings. The molecule has 0 saturated carbocycles. The minimum Gasteiger partial charge on any atom is -0.411 e. The minimum atomic E-state index is -0.280. The first kappa shape index (κ1) is 15.6. The molecule has 1 N–H and O–H groups in total. The maximum atomic E-state index is 11.9. The molecular formula is C15H19N3O2S. The molecule has 1 heterocycles. The summed E-state index contributed by atoms with van der Waals surface area (Å²) >= 11 is 1.26. The molecule has 0 aliphatic rings. The van der Waals surface area contributed by atoms with Crippen molar-refractivity contribution in [2.45, 2.75) is 44.2 Å². The number of nitrogens with zero attached hydrogens (tertiary/aromatic N) is 2. The fourth-order valence-electron chi connectivity index (χ4n) is 1.79. The number of hydrogen-bond acceptors (Lipinski definition) is 5. The van der Waals surface area contributed by atoms with Crippen molar-refractivity contribution >= 4 is 17.7 Å². The molecule has 5 nitrogen and oxygen atoms in total. The molecule has 1 aromatic heterocycles. The van der Waals surface area contributed by atoms with Crippen molar-refractivity contribution in [3.8, 4) is 11.5 Å². The van der Waals surface area contributed by atoms with E-state index >= 15 is 0 Å². The first-order valence-corrected chi connectivity index (χ1v) is 7.72. The second-order valence-corrected chi connectivity index (χ2v) is 6.40. The second-order valence-electron chi connectivity index (χ2n) is 5.11. The van der Waals surface area contributed by atoms with Gasteiger partial charge in [-0.1, -0.05) is 30.0 Å². The van der Waals surface area contributed by atoms with Crippen LogP contribution >= 0.6 is 11.8 Å². The standard InChI is InChI=1S/C15H19N3O2S/c1-9(2)16-13(19)11(4)21-15-18-17-14(20-15)12-8-6-5-7-10(12)3/h5-9,11H,1-4H3,(H,16,19)/t11-/m0/s1. The SMILES string of the molecule is Cc1ccccc1-c1nnc(S[C@@H](C)C(=O)NC(C)C)o1. The van der Waals surface area contributed by atoms with Crippen molar-refractivity contribution in [3.05, 3.63) is 29.8 Å². The van der Waals surface area contributed by atoms with E-state index in [1.807, 2.05) is 52.0 Å². The van der Waals surface area contributed by atoms with Crippen molar-refractivity contribution < 1.29 is 9.21 Å². The van der Waals surface area contributed by atoms with E-state index in [4.69, 9.17) is 4.42 Å². The third-order valence-electron chi connectivity index (χ3n) is 2.86. The van der Waals surface area contributed by atoms with E-state index in [-0.39, 0.29) is 17.2 Å². The fraction of sp³-hybridized carbons (Fsp3) is 0.400. The Hall–Kier alpha value is -1.82. The van der Waals surface area contributed by atoms with Gasteiger partial charge in [0, 0.05) is 11.6 Å². The van der Waals surface area contributed by atoms with Crippen LogP contribution in [-0.2, 0) is 4.79 Å². The molecule has 0 aliphatic carbocycles. The largest absolute Gasteiger partial charge is 0.411 e. The number of carbonyl (C=O) groups is 1. The Kier molecular flexibility index (Phi) is 5.01. The molecule has 1 aromatic carbocycles. The number of hydrogen-bond donors (Lipinski definition) is 1. The summed E-state index contributed by atoms with van der Waals surface area (Å²) in [5.41, 5.74) is 1.99. The van der Waals surface area contributed by atoms with Crippen molar-refractivity contribution in [2.24, 2.45) is 0 Å².